The van der Waals surface area contributed by atoms with Gasteiger partial charge in [0.15, 0.2) is 6.10 Å². The molecule has 2 saturated carbocycles. The monoisotopic (exact) mass is 444 g/mol. The molecule has 0 N–H and O–H groups in total. The minimum absolute atomic E-state index is 0.0955. The highest BCUT2D eigenvalue weighted by atomic mass is 16.6. The van der Waals surface area contributed by atoms with Crippen molar-refractivity contribution in [2.75, 3.05) is 0 Å². The molecule has 0 spiro atoms. The van der Waals surface area contributed by atoms with Gasteiger partial charge in [0.05, 0.1) is 6.10 Å². The van der Waals surface area contributed by atoms with Gasteiger partial charge >= 0.3 is 17.9 Å². The van der Waals surface area contributed by atoms with Crippen molar-refractivity contribution >= 4 is 17.9 Å². The van der Waals surface area contributed by atoms with Crippen LogP contribution in [-0.2, 0) is 33.3 Å². The topological polar surface area (TPSA) is 91.4 Å². The van der Waals surface area contributed by atoms with E-state index in [-0.39, 0.29) is 29.5 Å². The van der Waals surface area contributed by atoms with Gasteiger partial charge in [-0.1, -0.05) is 25.2 Å². The highest BCUT2D eigenvalue weighted by Crippen LogP contribution is 2.64. The van der Waals surface area contributed by atoms with Crippen LogP contribution < -0.4 is 0 Å². The highest BCUT2D eigenvalue weighted by molar-refractivity contribution is 5.92. The summed E-state index contributed by atoms with van der Waals surface area (Å²) in [6.07, 6.45) is 3.07. The summed E-state index contributed by atoms with van der Waals surface area (Å²) < 4.78 is 23.3. The van der Waals surface area contributed by atoms with Crippen molar-refractivity contribution in [2.45, 2.75) is 84.4 Å². The summed E-state index contributed by atoms with van der Waals surface area (Å²) in [6, 6.07) is 0. The molecular formula is C25H32O7. The highest BCUT2D eigenvalue weighted by Gasteiger charge is 2.73. The van der Waals surface area contributed by atoms with Gasteiger partial charge in [-0.25, -0.2) is 14.4 Å². The van der Waals surface area contributed by atoms with Gasteiger partial charge in [-0.05, 0) is 53.0 Å². The predicted octanol–water partition coefficient (Wildman–Crippen LogP) is 3.43. The maximum atomic E-state index is 13.0. The Kier molecular flexibility index (Phi) is 5.39. The first-order valence-corrected chi connectivity index (χ1v) is 11.2. The third-order valence-electron chi connectivity index (χ3n) is 7.73. The van der Waals surface area contributed by atoms with Crippen molar-refractivity contribution in [1.82, 2.24) is 0 Å². The van der Waals surface area contributed by atoms with Gasteiger partial charge in [0, 0.05) is 28.9 Å². The Morgan fingerprint density at radius 2 is 1.88 bits per heavy atom. The second-order valence-electron chi connectivity index (χ2n) is 10.1. The Balaban J connectivity index is 1.62. The molecule has 4 fully saturated rings. The summed E-state index contributed by atoms with van der Waals surface area (Å²) in [5.41, 5.74) is 0.307. The van der Waals surface area contributed by atoms with E-state index in [9.17, 15) is 14.4 Å². The van der Waals surface area contributed by atoms with E-state index in [1.807, 2.05) is 13.8 Å². The Bertz CT molecular complexity index is 942. The minimum Gasteiger partial charge on any atom is -0.458 e. The molecule has 0 aromatic heterocycles. The number of hydrogen-bond acceptors (Lipinski definition) is 7. The van der Waals surface area contributed by atoms with Crippen molar-refractivity contribution in [3.63, 3.8) is 0 Å². The Morgan fingerprint density at radius 1 is 1.19 bits per heavy atom. The van der Waals surface area contributed by atoms with Crippen LogP contribution in [0.5, 0.6) is 0 Å². The molecule has 2 saturated heterocycles. The van der Waals surface area contributed by atoms with E-state index in [1.54, 1.807) is 26.8 Å². The van der Waals surface area contributed by atoms with Gasteiger partial charge in [-0.3, -0.25) is 0 Å². The molecule has 2 heterocycles. The number of rotatable bonds is 4. The molecule has 7 heteroatoms. The van der Waals surface area contributed by atoms with E-state index in [0.717, 1.165) is 12.0 Å². The Morgan fingerprint density at radius 3 is 2.50 bits per heavy atom. The van der Waals surface area contributed by atoms with Crippen LogP contribution in [0.3, 0.4) is 0 Å². The van der Waals surface area contributed by atoms with E-state index in [1.165, 1.54) is 6.08 Å². The quantitative estimate of drug-likeness (QED) is 0.216. The smallest absolute Gasteiger partial charge is 0.351 e. The zero-order valence-electron chi connectivity index (χ0n) is 19.6. The van der Waals surface area contributed by atoms with Crippen LogP contribution in [0.15, 0.2) is 35.5 Å². The molecule has 32 heavy (non-hydrogen) atoms. The van der Waals surface area contributed by atoms with Crippen LogP contribution in [0.4, 0.5) is 0 Å². The van der Waals surface area contributed by atoms with Gasteiger partial charge in [-0.2, -0.15) is 0 Å². The van der Waals surface area contributed by atoms with Crippen LogP contribution >= 0.6 is 0 Å². The summed E-state index contributed by atoms with van der Waals surface area (Å²) in [5, 5.41) is 0. The van der Waals surface area contributed by atoms with Gasteiger partial charge < -0.3 is 18.9 Å². The molecule has 0 aromatic carbocycles. The fraction of sp³-hybridized carbons (Fsp3) is 0.640. The normalized spacial score (nSPS) is 42.1. The maximum absolute atomic E-state index is 13.0. The van der Waals surface area contributed by atoms with Crippen LogP contribution in [0.2, 0.25) is 0 Å². The molecule has 2 aliphatic heterocycles. The second-order valence-corrected chi connectivity index (χ2v) is 10.1. The zero-order valence-corrected chi connectivity index (χ0v) is 19.6. The first-order valence-electron chi connectivity index (χ1n) is 11.2. The number of epoxide rings is 1. The molecule has 174 valence electrons. The summed E-state index contributed by atoms with van der Waals surface area (Å²) in [4.78, 5) is 37.8. The van der Waals surface area contributed by atoms with Gasteiger partial charge in [-0.15, -0.1) is 0 Å². The molecule has 7 nitrogen and oxygen atoms in total. The standard InChI is InChI=1S/C25H32O7/c1-8-13(4)22(27)32-25(7)15-9-10-24(6)17(19(15)31-23(25)28)14(5)18(20-21(24)30-20)29-16(26)11-12(2)3/h8,11,15,17-21H,5,9-10H2,1-4,6-7H3. The minimum atomic E-state index is -1.37. The number of allylic oxidation sites excluding steroid dienone is 2. The van der Waals surface area contributed by atoms with E-state index in [2.05, 4.69) is 13.5 Å². The summed E-state index contributed by atoms with van der Waals surface area (Å²) >= 11 is 0. The maximum Gasteiger partial charge on any atom is 0.351 e. The average Bonchev–Trinajstić information content (AvgIpc) is 3.47. The number of carbonyl (C=O) groups excluding carboxylic acids is 3. The molecule has 8 unspecified atom stereocenters. The van der Waals surface area contributed by atoms with Crippen molar-refractivity contribution in [2.24, 2.45) is 17.3 Å². The Hall–Kier alpha value is -2.41. The van der Waals surface area contributed by atoms with Gasteiger partial charge in [0.1, 0.15) is 12.2 Å². The molecule has 8 atom stereocenters. The van der Waals surface area contributed by atoms with Crippen molar-refractivity contribution in [3.05, 3.63) is 35.5 Å². The SMILES string of the molecule is C=C1C(OC(=O)C=C(C)C)C2OC2C2(C)CCC3C(OC(=O)C3(C)OC(=O)C(C)=CC)C12. The van der Waals surface area contributed by atoms with Crippen molar-refractivity contribution in [1.29, 1.82) is 0 Å². The molecule has 0 amide bonds. The molecule has 0 aromatic rings. The average molecular weight is 445 g/mol. The summed E-state index contributed by atoms with van der Waals surface area (Å²) in [7, 11) is 0. The number of ether oxygens (including phenoxy) is 4. The first kappa shape index (κ1) is 22.8. The van der Waals surface area contributed by atoms with Crippen LogP contribution in [0, 0.1) is 17.3 Å². The zero-order chi connectivity index (χ0) is 23.6. The van der Waals surface area contributed by atoms with E-state index >= 15 is 0 Å². The fourth-order valence-electron chi connectivity index (χ4n) is 5.80. The third kappa shape index (κ3) is 3.33. The first-order chi connectivity index (χ1) is 14.9. The van der Waals surface area contributed by atoms with Crippen molar-refractivity contribution < 1.29 is 33.3 Å². The molecule has 2 aliphatic carbocycles. The largest absolute Gasteiger partial charge is 0.458 e. The second kappa shape index (κ2) is 7.58. The molecule has 4 aliphatic rings. The van der Waals surface area contributed by atoms with Crippen molar-refractivity contribution in [3.8, 4) is 0 Å². The summed E-state index contributed by atoms with van der Waals surface area (Å²) in [5.74, 6) is -2.09. The number of carbonyl (C=O) groups is 3. The lowest BCUT2D eigenvalue weighted by Gasteiger charge is -2.50. The lowest BCUT2D eigenvalue weighted by Crippen LogP contribution is -2.56. The lowest BCUT2D eigenvalue weighted by atomic mass is 9.54. The van der Waals surface area contributed by atoms with E-state index in [4.69, 9.17) is 18.9 Å². The van der Waals surface area contributed by atoms with E-state index < -0.39 is 35.7 Å². The molecule has 0 bridgehead atoms. The molecule has 0 radical (unpaired) electrons. The van der Waals surface area contributed by atoms with Crippen LogP contribution in [0.25, 0.3) is 0 Å². The molecular weight excluding hydrogens is 412 g/mol. The number of esters is 3. The number of fused-ring (bicyclic) bond motifs is 5. The predicted molar refractivity (Wildman–Crippen MR) is 115 cm³/mol. The van der Waals surface area contributed by atoms with E-state index in [0.29, 0.717) is 17.6 Å². The van der Waals surface area contributed by atoms with Crippen LogP contribution in [0.1, 0.15) is 54.4 Å². The third-order valence-corrected chi connectivity index (χ3v) is 7.73. The van der Waals surface area contributed by atoms with Crippen LogP contribution in [-0.4, -0.2) is 47.9 Å². The summed E-state index contributed by atoms with van der Waals surface area (Å²) in [6.45, 7) is 15.1. The van der Waals surface area contributed by atoms with Gasteiger partial charge in [0.2, 0.25) is 5.60 Å². The lowest BCUT2D eigenvalue weighted by molar-refractivity contribution is -0.170. The fourth-order valence-corrected chi connectivity index (χ4v) is 5.80. The van der Waals surface area contributed by atoms with Gasteiger partial charge in [0.25, 0.3) is 0 Å². The molecule has 4 rings (SSSR count). The number of hydrogen-bond donors (Lipinski definition) is 0. The Labute approximate surface area is 188 Å².